The number of rotatable bonds is 0. The van der Waals surface area contributed by atoms with Crippen molar-refractivity contribution in [1.82, 2.24) is 0 Å². The molecule has 80 valence electrons. The molecule has 0 aromatic heterocycles. The Bertz CT molecular complexity index is 243. The summed E-state index contributed by atoms with van der Waals surface area (Å²) in [6.45, 7) is 5.39. The van der Waals surface area contributed by atoms with Gasteiger partial charge in [-0.15, -0.1) is 0 Å². The summed E-state index contributed by atoms with van der Waals surface area (Å²) in [7, 11) is 0. The van der Waals surface area contributed by atoms with Crippen LogP contribution in [0.2, 0.25) is 0 Å². The molecule has 5 atom stereocenters. The first-order valence-corrected chi connectivity index (χ1v) is 5.68. The van der Waals surface area contributed by atoms with Gasteiger partial charge in [0, 0.05) is 5.92 Å². The van der Waals surface area contributed by atoms with Crippen LogP contribution in [0.1, 0.15) is 33.1 Å². The van der Waals surface area contributed by atoms with Crippen LogP contribution in [0.3, 0.4) is 0 Å². The molecule has 0 aromatic carbocycles. The maximum atomic E-state index is 5.65. The molecule has 2 saturated heterocycles. The van der Waals surface area contributed by atoms with Crippen LogP contribution in [0.25, 0.3) is 0 Å². The molecule has 0 N–H and O–H groups in total. The Kier molecular flexibility index (Phi) is 1.92. The zero-order chi connectivity index (χ0) is 9.76. The summed E-state index contributed by atoms with van der Waals surface area (Å²) < 4.78 is 5.65. The minimum absolute atomic E-state index is 0.0774. The quantitative estimate of drug-likeness (QED) is 0.558. The average Bonchev–Trinajstić information content (AvgIpc) is 2.14. The third kappa shape index (κ3) is 1.03. The van der Waals surface area contributed by atoms with Crippen LogP contribution in [0.5, 0.6) is 0 Å². The van der Waals surface area contributed by atoms with Crippen LogP contribution >= 0.6 is 0 Å². The zero-order valence-corrected chi connectivity index (χ0v) is 8.86. The SMILES string of the molecule is C[C@H]1CCC2[C@H](C)COC3OOC32C1. The second-order valence-electron chi connectivity index (χ2n) is 5.27. The number of hydrogen-bond donors (Lipinski definition) is 0. The van der Waals surface area contributed by atoms with Gasteiger partial charge in [-0.25, -0.2) is 9.78 Å². The van der Waals surface area contributed by atoms with Crippen molar-refractivity contribution in [3.05, 3.63) is 0 Å². The summed E-state index contributed by atoms with van der Waals surface area (Å²) in [6, 6.07) is 0. The average molecular weight is 198 g/mol. The van der Waals surface area contributed by atoms with E-state index in [1.807, 2.05) is 0 Å². The maximum absolute atomic E-state index is 5.65. The third-order valence-electron chi connectivity index (χ3n) is 4.15. The van der Waals surface area contributed by atoms with Crippen molar-refractivity contribution in [2.45, 2.75) is 45.0 Å². The lowest BCUT2D eigenvalue weighted by molar-refractivity contribution is -0.589. The Morgan fingerprint density at radius 3 is 2.79 bits per heavy atom. The largest absolute Gasteiger partial charge is 0.347 e. The molecule has 14 heavy (non-hydrogen) atoms. The summed E-state index contributed by atoms with van der Waals surface area (Å²) in [6.07, 6.45) is 3.62. The van der Waals surface area contributed by atoms with E-state index in [4.69, 9.17) is 14.5 Å². The molecule has 3 fully saturated rings. The second kappa shape index (κ2) is 2.94. The zero-order valence-electron chi connectivity index (χ0n) is 8.86. The lowest BCUT2D eigenvalue weighted by Gasteiger charge is -2.58. The fraction of sp³-hybridized carbons (Fsp3) is 1.00. The van der Waals surface area contributed by atoms with E-state index in [9.17, 15) is 0 Å². The Morgan fingerprint density at radius 2 is 2.07 bits per heavy atom. The van der Waals surface area contributed by atoms with Gasteiger partial charge in [-0.05, 0) is 24.7 Å². The predicted octanol–water partition coefficient (Wildman–Crippen LogP) is 2.12. The topological polar surface area (TPSA) is 27.7 Å². The smallest absolute Gasteiger partial charge is 0.224 e. The number of hydrogen-bond acceptors (Lipinski definition) is 3. The van der Waals surface area contributed by atoms with Crippen molar-refractivity contribution in [2.24, 2.45) is 17.8 Å². The van der Waals surface area contributed by atoms with E-state index in [2.05, 4.69) is 13.8 Å². The highest BCUT2D eigenvalue weighted by Gasteiger charge is 2.63. The predicted molar refractivity (Wildman–Crippen MR) is 50.3 cm³/mol. The van der Waals surface area contributed by atoms with E-state index in [1.165, 1.54) is 12.8 Å². The molecule has 0 aromatic rings. The van der Waals surface area contributed by atoms with Crippen LogP contribution in [-0.4, -0.2) is 18.5 Å². The first-order valence-electron chi connectivity index (χ1n) is 5.68. The van der Waals surface area contributed by atoms with Crippen molar-refractivity contribution in [3.63, 3.8) is 0 Å². The van der Waals surface area contributed by atoms with Gasteiger partial charge in [0.15, 0.2) is 5.60 Å². The molecule has 1 saturated carbocycles. The molecule has 1 aliphatic carbocycles. The second-order valence-corrected chi connectivity index (χ2v) is 5.27. The molecule has 3 unspecified atom stereocenters. The van der Waals surface area contributed by atoms with Crippen molar-refractivity contribution in [1.29, 1.82) is 0 Å². The molecule has 3 nitrogen and oxygen atoms in total. The molecule has 1 spiro atoms. The fourth-order valence-electron chi connectivity index (χ4n) is 3.37. The van der Waals surface area contributed by atoms with Gasteiger partial charge in [0.25, 0.3) is 0 Å². The van der Waals surface area contributed by atoms with Gasteiger partial charge in [0.05, 0.1) is 6.61 Å². The number of ether oxygens (including phenoxy) is 1. The van der Waals surface area contributed by atoms with Gasteiger partial charge < -0.3 is 4.74 Å². The first kappa shape index (κ1) is 9.13. The van der Waals surface area contributed by atoms with E-state index < -0.39 is 0 Å². The lowest BCUT2D eigenvalue weighted by atomic mass is 9.64. The molecule has 2 heterocycles. The molecule has 0 bridgehead atoms. The summed E-state index contributed by atoms with van der Waals surface area (Å²) in [4.78, 5) is 10.5. The van der Waals surface area contributed by atoms with Crippen LogP contribution in [0, 0.1) is 17.8 Å². The molecular weight excluding hydrogens is 180 g/mol. The summed E-state index contributed by atoms with van der Waals surface area (Å²) in [5.74, 6) is 2.00. The van der Waals surface area contributed by atoms with Gasteiger partial charge in [-0.3, -0.25) is 0 Å². The Labute approximate surface area is 84.6 Å². The van der Waals surface area contributed by atoms with Crippen molar-refractivity contribution in [2.75, 3.05) is 6.61 Å². The fourth-order valence-corrected chi connectivity index (χ4v) is 3.37. The maximum Gasteiger partial charge on any atom is 0.224 e. The van der Waals surface area contributed by atoms with E-state index in [0.717, 1.165) is 18.9 Å². The first-order chi connectivity index (χ1) is 6.72. The molecule has 2 aliphatic heterocycles. The summed E-state index contributed by atoms with van der Waals surface area (Å²) in [5, 5.41) is 0. The van der Waals surface area contributed by atoms with Crippen molar-refractivity contribution < 1.29 is 14.5 Å². The lowest BCUT2D eigenvalue weighted by Crippen LogP contribution is -2.68. The Morgan fingerprint density at radius 1 is 1.21 bits per heavy atom. The molecular formula is C11H18O3. The van der Waals surface area contributed by atoms with Crippen molar-refractivity contribution >= 4 is 0 Å². The Hall–Kier alpha value is -0.120. The minimum Gasteiger partial charge on any atom is -0.347 e. The van der Waals surface area contributed by atoms with Crippen molar-refractivity contribution in [3.8, 4) is 0 Å². The summed E-state index contributed by atoms with van der Waals surface area (Å²) in [5.41, 5.74) is -0.0880. The van der Waals surface area contributed by atoms with Crippen LogP contribution < -0.4 is 0 Å². The normalized spacial score (nSPS) is 57.0. The van der Waals surface area contributed by atoms with E-state index in [1.54, 1.807) is 0 Å². The highest BCUT2D eigenvalue weighted by molar-refractivity contribution is 5.02. The molecule has 3 heteroatoms. The van der Waals surface area contributed by atoms with E-state index in [0.29, 0.717) is 11.8 Å². The van der Waals surface area contributed by atoms with E-state index >= 15 is 0 Å². The molecule has 0 amide bonds. The standard InChI is InChI=1S/C11H18O3/c1-7-3-4-9-8(2)6-12-10-11(9,5-7)14-13-10/h7-10H,3-6H2,1-2H3/t7-,8+,9?,10?,11?/m0/s1. The van der Waals surface area contributed by atoms with Crippen LogP contribution in [-0.2, 0) is 14.5 Å². The minimum atomic E-state index is -0.0880. The van der Waals surface area contributed by atoms with Crippen LogP contribution in [0.4, 0.5) is 0 Å². The summed E-state index contributed by atoms with van der Waals surface area (Å²) >= 11 is 0. The molecule has 0 radical (unpaired) electrons. The highest BCUT2D eigenvalue weighted by Crippen LogP contribution is 2.53. The van der Waals surface area contributed by atoms with Gasteiger partial charge in [0.1, 0.15) is 0 Å². The molecule has 3 aliphatic rings. The van der Waals surface area contributed by atoms with Gasteiger partial charge in [0.2, 0.25) is 6.29 Å². The highest BCUT2D eigenvalue weighted by atomic mass is 17.3. The van der Waals surface area contributed by atoms with Gasteiger partial charge in [-0.1, -0.05) is 20.3 Å². The molecule has 3 rings (SSSR count). The third-order valence-corrected chi connectivity index (χ3v) is 4.15. The van der Waals surface area contributed by atoms with Crippen LogP contribution in [0.15, 0.2) is 0 Å². The Balaban J connectivity index is 1.87. The van der Waals surface area contributed by atoms with Gasteiger partial charge in [-0.2, -0.15) is 0 Å². The van der Waals surface area contributed by atoms with E-state index in [-0.39, 0.29) is 11.9 Å². The monoisotopic (exact) mass is 198 g/mol. The van der Waals surface area contributed by atoms with Gasteiger partial charge >= 0.3 is 0 Å².